The fraction of sp³-hybridized carbons (Fsp3) is 0.800. The summed E-state index contributed by atoms with van der Waals surface area (Å²) in [7, 11) is 0. The van der Waals surface area contributed by atoms with E-state index in [0.29, 0.717) is 5.92 Å². The van der Waals surface area contributed by atoms with Gasteiger partial charge < -0.3 is 10.2 Å². The van der Waals surface area contributed by atoms with Crippen LogP contribution in [0.2, 0.25) is 0 Å². The maximum Gasteiger partial charge on any atom is 0.0935 e. The summed E-state index contributed by atoms with van der Waals surface area (Å²) in [6, 6.07) is 0. The number of rotatable bonds is 1. The Morgan fingerprint density at radius 2 is 2.33 bits per heavy atom. The molecule has 0 unspecified atom stereocenters. The summed E-state index contributed by atoms with van der Waals surface area (Å²) in [4.78, 5) is 0. The molecular formula is C10H16O2. The zero-order valence-electron chi connectivity index (χ0n) is 7.67. The molecule has 2 heteroatoms. The van der Waals surface area contributed by atoms with Crippen molar-refractivity contribution in [3.8, 4) is 0 Å². The van der Waals surface area contributed by atoms with Crippen LogP contribution in [0.5, 0.6) is 0 Å². The molecule has 2 bridgehead atoms. The Morgan fingerprint density at radius 1 is 1.67 bits per heavy atom. The number of hydrogen-bond donors (Lipinski definition) is 2. The van der Waals surface area contributed by atoms with Crippen LogP contribution in [0, 0.1) is 11.3 Å². The molecular weight excluding hydrogens is 152 g/mol. The largest absolute Gasteiger partial charge is 0.396 e. The lowest BCUT2D eigenvalue weighted by Gasteiger charge is -2.62. The van der Waals surface area contributed by atoms with Crippen LogP contribution in [-0.4, -0.2) is 22.4 Å². The Balaban J connectivity index is 2.39. The molecule has 0 heterocycles. The van der Waals surface area contributed by atoms with Gasteiger partial charge in [-0.25, -0.2) is 0 Å². The van der Waals surface area contributed by atoms with Gasteiger partial charge in [0.05, 0.1) is 12.2 Å². The van der Waals surface area contributed by atoms with Crippen LogP contribution < -0.4 is 0 Å². The topological polar surface area (TPSA) is 40.5 Å². The first-order chi connectivity index (χ1) is 5.54. The molecule has 3 atom stereocenters. The molecule has 0 radical (unpaired) electrons. The van der Waals surface area contributed by atoms with Gasteiger partial charge in [0, 0.05) is 5.41 Å². The Hall–Kier alpha value is -0.340. The van der Waals surface area contributed by atoms with Gasteiger partial charge in [-0.3, -0.25) is 0 Å². The van der Waals surface area contributed by atoms with Crippen molar-refractivity contribution in [2.24, 2.45) is 11.3 Å². The van der Waals surface area contributed by atoms with Crippen LogP contribution in [0.4, 0.5) is 0 Å². The predicted molar refractivity (Wildman–Crippen MR) is 46.6 cm³/mol. The lowest BCUT2D eigenvalue weighted by atomic mass is 9.45. The van der Waals surface area contributed by atoms with Crippen LogP contribution in [-0.2, 0) is 0 Å². The Labute approximate surface area is 72.9 Å². The summed E-state index contributed by atoms with van der Waals surface area (Å²) in [5.41, 5.74) is 0.0674. The standard InChI is InChI=1S/C10H16O2/c1-7-3-4-8-5-10(7,12)9(8,2)6-11/h3,8,11-12H,4-6H2,1-2H3/t8-,9-,10+/m0/s1. The first kappa shape index (κ1) is 8.27. The molecule has 3 aliphatic rings. The van der Waals surface area contributed by atoms with Gasteiger partial charge in [-0.1, -0.05) is 13.0 Å². The first-order valence-electron chi connectivity index (χ1n) is 4.55. The molecule has 1 fully saturated rings. The molecule has 68 valence electrons. The average Bonchev–Trinajstić information content (AvgIpc) is 2.07. The minimum Gasteiger partial charge on any atom is -0.396 e. The van der Waals surface area contributed by atoms with E-state index in [1.807, 2.05) is 13.8 Å². The van der Waals surface area contributed by atoms with Gasteiger partial charge >= 0.3 is 0 Å². The summed E-state index contributed by atoms with van der Waals surface area (Å²) < 4.78 is 0. The number of aliphatic hydroxyl groups is 2. The van der Waals surface area contributed by atoms with Crippen LogP contribution in [0.3, 0.4) is 0 Å². The van der Waals surface area contributed by atoms with E-state index in [1.54, 1.807) is 0 Å². The van der Waals surface area contributed by atoms with E-state index in [-0.39, 0.29) is 12.0 Å². The highest BCUT2D eigenvalue weighted by atomic mass is 16.3. The summed E-state index contributed by atoms with van der Waals surface area (Å²) in [5.74, 6) is 0.483. The van der Waals surface area contributed by atoms with Gasteiger partial charge in [-0.2, -0.15) is 0 Å². The van der Waals surface area contributed by atoms with Crippen molar-refractivity contribution in [2.45, 2.75) is 32.3 Å². The third-order valence-electron chi connectivity index (χ3n) is 4.08. The quantitative estimate of drug-likeness (QED) is 0.575. The Kier molecular flexibility index (Phi) is 1.46. The summed E-state index contributed by atoms with van der Waals surface area (Å²) in [6.07, 6.45) is 3.96. The van der Waals surface area contributed by atoms with Crippen molar-refractivity contribution in [3.63, 3.8) is 0 Å². The molecule has 0 saturated heterocycles. The van der Waals surface area contributed by atoms with Crippen LogP contribution in [0.15, 0.2) is 11.6 Å². The summed E-state index contributed by atoms with van der Waals surface area (Å²) in [6.45, 7) is 4.04. The van der Waals surface area contributed by atoms with Gasteiger partial charge in [0.15, 0.2) is 0 Å². The minimum absolute atomic E-state index is 0.0966. The van der Waals surface area contributed by atoms with E-state index in [0.717, 1.165) is 18.4 Å². The second-order valence-corrected chi connectivity index (χ2v) is 4.46. The fourth-order valence-corrected chi connectivity index (χ4v) is 2.72. The molecule has 12 heavy (non-hydrogen) atoms. The smallest absolute Gasteiger partial charge is 0.0935 e. The highest BCUT2D eigenvalue weighted by Crippen LogP contribution is 2.61. The molecule has 0 aromatic carbocycles. The summed E-state index contributed by atoms with van der Waals surface area (Å²) >= 11 is 0. The van der Waals surface area contributed by atoms with Crippen molar-refractivity contribution in [2.75, 3.05) is 6.61 Å². The predicted octanol–water partition coefficient (Wildman–Crippen LogP) is 1.09. The van der Waals surface area contributed by atoms with Crippen molar-refractivity contribution in [1.82, 2.24) is 0 Å². The third kappa shape index (κ3) is 0.639. The second kappa shape index (κ2) is 2.12. The molecule has 1 saturated carbocycles. The monoisotopic (exact) mass is 168 g/mol. The maximum absolute atomic E-state index is 10.2. The Morgan fingerprint density at radius 3 is 2.75 bits per heavy atom. The normalized spacial score (nSPS) is 51.3. The van der Waals surface area contributed by atoms with Crippen LogP contribution in [0.1, 0.15) is 26.7 Å². The van der Waals surface area contributed by atoms with Gasteiger partial charge in [0.25, 0.3) is 0 Å². The number of fused-ring (bicyclic) bond motifs is 1. The fourth-order valence-electron chi connectivity index (χ4n) is 2.72. The van der Waals surface area contributed by atoms with Crippen molar-refractivity contribution < 1.29 is 10.2 Å². The minimum atomic E-state index is -0.704. The van der Waals surface area contributed by atoms with Crippen LogP contribution in [0.25, 0.3) is 0 Å². The molecule has 3 aliphatic carbocycles. The maximum atomic E-state index is 10.2. The van der Waals surface area contributed by atoms with E-state index in [2.05, 4.69) is 6.08 Å². The SMILES string of the molecule is CC1=CC[C@H]2C[C@]1(O)[C@@]2(C)CO. The number of allylic oxidation sites excluding steroid dienone is 1. The lowest BCUT2D eigenvalue weighted by molar-refractivity contribution is -0.203. The average molecular weight is 168 g/mol. The Bertz CT molecular complexity index is 246. The zero-order chi connectivity index (χ0) is 8.98. The van der Waals surface area contributed by atoms with Gasteiger partial charge in [0.2, 0.25) is 0 Å². The van der Waals surface area contributed by atoms with Crippen molar-refractivity contribution >= 4 is 0 Å². The van der Waals surface area contributed by atoms with E-state index in [1.165, 1.54) is 0 Å². The van der Waals surface area contributed by atoms with E-state index in [9.17, 15) is 10.2 Å². The van der Waals surface area contributed by atoms with Crippen molar-refractivity contribution in [1.29, 1.82) is 0 Å². The van der Waals surface area contributed by atoms with E-state index < -0.39 is 5.60 Å². The zero-order valence-corrected chi connectivity index (χ0v) is 7.67. The van der Waals surface area contributed by atoms with E-state index in [4.69, 9.17) is 0 Å². The molecule has 0 aromatic rings. The van der Waals surface area contributed by atoms with Gasteiger partial charge in [-0.15, -0.1) is 0 Å². The molecule has 0 aliphatic heterocycles. The van der Waals surface area contributed by atoms with E-state index >= 15 is 0 Å². The third-order valence-corrected chi connectivity index (χ3v) is 4.08. The molecule has 2 N–H and O–H groups in total. The van der Waals surface area contributed by atoms with Crippen LogP contribution >= 0.6 is 0 Å². The van der Waals surface area contributed by atoms with Crippen molar-refractivity contribution in [3.05, 3.63) is 11.6 Å². The highest BCUT2D eigenvalue weighted by molar-refractivity contribution is 5.32. The number of hydrogen-bond acceptors (Lipinski definition) is 2. The molecule has 0 amide bonds. The lowest BCUT2D eigenvalue weighted by Crippen LogP contribution is -2.66. The van der Waals surface area contributed by atoms with Gasteiger partial charge in [-0.05, 0) is 31.3 Å². The molecule has 0 spiro atoms. The molecule has 0 aromatic heterocycles. The highest BCUT2D eigenvalue weighted by Gasteiger charge is 2.63. The first-order valence-corrected chi connectivity index (χ1v) is 4.55. The molecule has 2 nitrogen and oxygen atoms in total. The number of aliphatic hydroxyl groups excluding tert-OH is 1. The second-order valence-electron chi connectivity index (χ2n) is 4.46. The van der Waals surface area contributed by atoms with Gasteiger partial charge in [0.1, 0.15) is 0 Å². The summed E-state index contributed by atoms with van der Waals surface area (Å²) in [5, 5.41) is 19.4. The molecule has 3 rings (SSSR count).